The van der Waals surface area contributed by atoms with E-state index >= 15 is 0 Å². The second kappa shape index (κ2) is 14.4. The summed E-state index contributed by atoms with van der Waals surface area (Å²) in [6.07, 6.45) is 8.97. The Kier molecular flexibility index (Phi) is 10.9. The molecule has 2 aliphatic rings. The molecule has 0 radical (unpaired) electrons. The van der Waals surface area contributed by atoms with Crippen molar-refractivity contribution in [3.63, 3.8) is 0 Å². The molecule has 216 valence electrons. The van der Waals surface area contributed by atoms with Crippen LogP contribution in [0.15, 0.2) is 57.8 Å². The number of carbonyl (C=O) groups is 2. The molecule has 2 aromatic rings. The lowest BCUT2D eigenvalue weighted by atomic mass is 9.94. The van der Waals surface area contributed by atoms with Crippen molar-refractivity contribution in [2.24, 2.45) is 4.40 Å². The van der Waals surface area contributed by atoms with E-state index in [2.05, 4.69) is 16.6 Å². The number of rotatable bonds is 12. The molecule has 1 unspecified atom stereocenters. The van der Waals surface area contributed by atoms with Crippen LogP contribution < -0.4 is 10.1 Å². The second-order valence-corrected chi connectivity index (χ2v) is 13.3. The first kappa shape index (κ1) is 30.4. The molecule has 2 aromatic carbocycles. The molecular weight excluding hydrogens is 570 g/mol. The Balaban J connectivity index is 1.42. The number of sulfonamides is 1. The van der Waals surface area contributed by atoms with Crippen LogP contribution in [-0.4, -0.2) is 48.2 Å². The summed E-state index contributed by atoms with van der Waals surface area (Å²) in [6, 6.07) is 12.8. The molecule has 2 fully saturated rings. The predicted octanol–water partition coefficient (Wildman–Crippen LogP) is 6.65. The van der Waals surface area contributed by atoms with Crippen molar-refractivity contribution in [1.82, 2.24) is 4.90 Å². The number of amidine groups is 1. The molecule has 0 spiro atoms. The smallest absolute Gasteiger partial charge is 0.284 e. The molecular formula is C29H36ClN3O5S2. The molecule has 40 heavy (non-hydrogen) atoms. The summed E-state index contributed by atoms with van der Waals surface area (Å²) >= 11 is 6.95. The zero-order chi connectivity index (χ0) is 28.5. The van der Waals surface area contributed by atoms with Crippen LogP contribution in [0.1, 0.15) is 71.1 Å². The van der Waals surface area contributed by atoms with Crippen LogP contribution >= 0.6 is 23.4 Å². The van der Waals surface area contributed by atoms with Gasteiger partial charge in [-0.25, -0.2) is 0 Å². The summed E-state index contributed by atoms with van der Waals surface area (Å²) < 4.78 is 36.0. The van der Waals surface area contributed by atoms with Gasteiger partial charge in [-0.2, -0.15) is 8.42 Å². The minimum Gasteiger partial charge on any atom is -0.494 e. The van der Waals surface area contributed by atoms with Crippen molar-refractivity contribution in [1.29, 1.82) is 0 Å². The quantitative estimate of drug-likeness (QED) is 0.272. The van der Waals surface area contributed by atoms with Crippen molar-refractivity contribution in [2.45, 2.75) is 87.3 Å². The third kappa shape index (κ3) is 8.24. The molecule has 4 rings (SSSR count). The van der Waals surface area contributed by atoms with Crippen molar-refractivity contribution >= 4 is 56.1 Å². The fraction of sp³-hybridized carbons (Fsp3) is 0.483. The number of hydrogen-bond acceptors (Lipinski definition) is 6. The van der Waals surface area contributed by atoms with E-state index in [0.717, 1.165) is 62.5 Å². The molecule has 0 bridgehead atoms. The number of unbranched alkanes of at least 4 members (excludes halogenated alkanes) is 3. The highest BCUT2D eigenvalue weighted by molar-refractivity contribution is 8.16. The molecule has 11 heteroatoms. The first-order valence-electron chi connectivity index (χ1n) is 13.9. The molecule has 1 N–H and O–H groups in total. The lowest BCUT2D eigenvalue weighted by molar-refractivity contribution is -0.130. The van der Waals surface area contributed by atoms with Gasteiger partial charge in [0.25, 0.3) is 10.0 Å². The first-order chi connectivity index (χ1) is 19.3. The van der Waals surface area contributed by atoms with Gasteiger partial charge in [-0.1, -0.05) is 68.8 Å². The van der Waals surface area contributed by atoms with E-state index in [4.69, 9.17) is 16.3 Å². The summed E-state index contributed by atoms with van der Waals surface area (Å²) in [7, 11) is -4.07. The Morgan fingerprint density at radius 1 is 1.05 bits per heavy atom. The van der Waals surface area contributed by atoms with Gasteiger partial charge in [-0.05, 0) is 67.8 Å². The van der Waals surface area contributed by atoms with E-state index < -0.39 is 15.3 Å². The molecule has 1 atom stereocenters. The Morgan fingerprint density at radius 3 is 2.42 bits per heavy atom. The minimum atomic E-state index is -4.07. The van der Waals surface area contributed by atoms with Gasteiger partial charge < -0.3 is 10.1 Å². The number of anilines is 1. The van der Waals surface area contributed by atoms with Gasteiger partial charge in [0, 0.05) is 23.2 Å². The topological polar surface area (TPSA) is 105 Å². The molecule has 2 amide bonds. The fourth-order valence-electron chi connectivity index (χ4n) is 4.85. The van der Waals surface area contributed by atoms with Gasteiger partial charge >= 0.3 is 0 Å². The number of ether oxygens (including phenoxy) is 1. The van der Waals surface area contributed by atoms with Gasteiger partial charge in [-0.15, -0.1) is 4.40 Å². The number of nitrogens with zero attached hydrogens (tertiary/aromatic N) is 2. The molecule has 1 aliphatic heterocycles. The Bertz CT molecular complexity index is 1290. The van der Waals surface area contributed by atoms with Gasteiger partial charge in [0.1, 0.15) is 11.0 Å². The number of amides is 2. The molecule has 1 saturated heterocycles. The summed E-state index contributed by atoms with van der Waals surface area (Å²) in [6.45, 7) is 2.82. The molecule has 1 aliphatic carbocycles. The minimum absolute atomic E-state index is 0.00405. The Morgan fingerprint density at radius 2 is 1.75 bits per heavy atom. The average molecular weight is 606 g/mol. The van der Waals surface area contributed by atoms with Crippen LogP contribution in [0.2, 0.25) is 5.02 Å². The summed E-state index contributed by atoms with van der Waals surface area (Å²) in [5.41, 5.74) is 0.599. The third-order valence-electron chi connectivity index (χ3n) is 6.99. The maximum absolute atomic E-state index is 13.5. The zero-order valence-corrected chi connectivity index (χ0v) is 25.1. The number of halogens is 1. The highest BCUT2D eigenvalue weighted by Gasteiger charge is 2.43. The van der Waals surface area contributed by atoms with Crippen LogP contribution in [0.5, 0.6) is 5.75 Å². The maximum Gasteiger partial charge on any atom is 0.284 e. The van der Waals surface area contributed by atoms with E-state index in [0.29, 0.717) is 17.3 Å². The lowest BCUT2D eigenvalue weighted by Gasteiger charge is -2.30. The molecule has 1 saturated carbocycles. The number of benzene rings is 2. The maximum atomic E-state index is 13.5. The monoisotopic (exact) mass is 605 g/mol. The van der Waals surface area contributed by atoms with Crippen LogP contribution in [0.3, 0.4) is 0 Å². The van der Waals surface area contributed by atoms with Crippen molar-refractivity contribution < 1.29 is 22.7 Å². The van der Waals surface area contributed by atoms with Crippen molar-refractivity contribution in [2.75, 3.05) is 11.9 Å². The largest absolute Gasteiger partial charge is 0.494 e. The standard InChI is InChI=1S/C29H36ClN3O5S2/c1-2-3-4-8-19-38-24-15-13-22(14-16-24)31-27(34)20-26-28(35)33(23-9-6-5-7-10-23)29(39-26)32-40(36,37)25-17-11-21(30)12-18-25/h11-18,23,26H,2-10,19-20H2,1H3,(H,31,34)/b32-29+. The second-order valence-electron chi connectivity index (χ2n) is 10.1. The van der Waals surface area contributed by atoms with Crippen LogP contribution in [0.4, 0.5) is 5.69 Å². The Labute approximate surface area is 246 Å². The fourth-order valence-corrected chi connectivity index (χ4v) is 7.38. The van der Waals surface area contributed by atoms with Gasteiger partial charge in [0.15, 0.2) is 5.17 Å². The lowest BCUT2D eigenvalue weighted by Crippen LogP contribution is -2.42. The summed E-state index contributed by atoms with van der Waals surface area (Å²) in [5.74, 6) is 0.135. The van der Waals surface area contributed by atoms with Gasteiger partial charge in [0.05, 0.1) is 11.5 Å². The van der Waals surface area contributed by atoms with E-state index in [9.17, 15) is 18.0 Å². The van der Waals surface area contributed by atoms with Gasteiger partial charge in [-0.3, -0.25) is 14.5 Å². The first-order valence-corrected chi connectivity index (χ1v) is 16.6. The number of hydrogen-bond donors (Lipinski definition) is 1. The van der Waals surface area contributed by atoms with Crippen LogP contribution in [0, 0.1) is 0 Å². The van der Waals surface area contributed by atoms with Crippen molar-refractivity contribution in [3.05, 3.63) is 53.6 Å². The van der Waals surface area contributed by atoms with Crippen LogP contribution in [-0.2, 0) is 19.6 Å². The van der Waals surface area contributed by atoms with E-state index in [-0.39, 0.29) is 34.3 Å². The summed E-state index contributed by atoms with van der Waals surface area (Å²) in [5, 5.41) is 2.63. The number of carbonyl (C=O) groups excluding carboxylic acids is 2. The zero-order valence-electron chi connectivity index (χ0n) is 22.7. The van der Waals surface area contributed by atoms with E-state index in [1.165, 1.54) is 42.0 Å². The summed E-state index contributed by atoms with van der Waals surface area (Å²) in [4.78, 5) is 27.9. The van der Waals surface area contributed by atoms with Crippen molar-refractivity contribution in [3.8, 4) is 5.75 Å². The normalized spacial score (nSPS) is 19.2. The van der Waals surface area contributed by atoms with Crippen LogP contribution in [0.25, 0.3) is 0 Å². The molecule has 0 aromatic heterocycles. The Hall–Kier alpha value is -2.56. The highest BCUT2D eigenvalue weighted by atomic mass is 35.5. The van der Waals surface area contributed by atoms with Gasteiger partial charge in [0.2, 0.25) is 11.8 Å². The highest BCUT2D eigenvalue weighted by Crippen LogP contribution is 2.36. The van der Waals surface area contributed by atoms with E-state index in [1.807, 2.05) is 12.1 Å². The van der Waals surface area contributed by atoms with E-state index in [1.54, 1.807) is 12.1 Å². The third-order valence-corrected chi connectivity index (χ3v) is 9.79. The molecule has 1 heterocycles. The SMILES string of the molecule is CCCCCCOc1ccc(NC(=O)CC2S/C(=N/S(=O)(=O)c3ccc(Cl)cc3)N(C3CCCCC3)C2=O)cc1. The average Bonchev–Trinajstić information content (AvgIpc) is 3.23. The predicted molar refractivity (Wildman–Crippen MR) is 160 cm³/mol. The number of nitrogens with one attached hydrogen (secondary N) is 1. The molecule has 8 nitrogen and oxygen atoms in total. The number of thioether (sulfide) groups is 1.